The smallest absolute Gasteiger partial charge is 0.0420 e. The van der Waals surface area contributed by atoms with E-state index in [1.165, 1.54) is 22.3 Å². The van der Waals surface area contributed by atoms with Crippen LogP contribution >= 0.6 is 0 Å². The molecule has 2 heteroatoms. The number of rotatable bonds is 4. The molecule has 0 bridgehead atoms. The molecule has 4 aromatic rings. The summed E-state index contributed by atoms with van der Waals surface area (Å²) in [7, 11) is 0. The molecular weight excluding hydrogens is 328 g/mol. The fourth-order valence-electron chi connectivity index (χ4n) is 3.40. The Morgan fingerprint density at radius 2 is 1.26 bits per heavy atom. The molecule has 4 aromatic carbocycles. The van der Waals surface area contributed by atoms with Gasteiger partial charge in [0.05, 0.1) is 0 Å². The Hall–Kier alpha value is -3.52. The van der Waals surface area contributed by atoms with Gasteiger partial charge in [0, 0.05) is 17.1 Å². The maximum absolute atomic E-state index is 5.88. The molecule has 0 radical (unpaired) electrons. The van der Waals surface area contributed by atoms with Crippen LogP contribution in [0.15, 0.2) is 97.1 Å². The molecule has 0 spiro atoms. The van der Waals surface area contributed by atoms with Crippen LogP contribution < -0.4 is 11.1 Å². The first-order valence-electron chi connectivity index (χ1n) is 9.09. The number of para-hydroxylation sites is 1. The molecule has 0 aliphatic heterocycles. The summed E-state index contributed by atoms with van der Waals surface area (Å²) in [4.78, 5) is 0. The van der Waals surface area contributed by atoms with Gasteiger partial charge in [0.2, 0.25) is 0 Å². The summed E-state index contributed by atoms with van der Waals surface area (Å²) in [6, 6.07) is 33.2. The first-order chi connectivity index (χ1) is 13.2. The first kappa shape index (κ1) is 16.9. The van der Waals surface area contributed by atoms with E-state index in [1.54, 1.807) is 0 Å². The number of hydrogen-bond acceptors (Lipinski definition) is 2. The summed E-state index contributed by atoms with van der Waals surface area (Å²) in [6.45, 7) is 2.18. The third kappa shape index (κ3) is 3.56. The van der Waals surface area contributed by atoms with Gasteiger partial charge in [-0.3, -0.25) is 0 Å². The van der Waals surface area contributed by atoms with Gasteiger partial charge >= 0.3 is 0 Å². The summed E-state index contributed by atoms with van der Waals surface area (Å²) >= 11 is 0. The van der Waals surface area contributed by atoms with Crippen molar-refractivity contribution in [1.82, 2.24) is 0 Å². The van der Waals surface area contributed by atoms with Crippen LogP contribution in [0.4, 0.5) is 17.1 Å². The molecule has 0 aromatic heterocycles. The highest BCUT2D eigenvalue weighted by molar-refractivity contribution is 5.90. The van der Waals surface area contributed by atoms with E-state index < -0.39 is 0 Å². The van der Waals surface area contributed by atoms with Gasteiger partial charge in [0.25, 0.3) is 0 Å². The van der Waals surface area contributed by atoms with Crippen molar-refractivity contribution in [2.75, 3.05) is 11.1 Å². The Morgan fingerprint density at radius 1 is 0.630 bits per heavy atom. The summed E-state index contributed by atoms with van der Waals surface area (Å²) in [5, 5.41) is 3.55. The number of nitrogens with two attached hydrogens (primary N) is 1. The average Bonchev–Trinajstić information content (AvgIpc) is 2.71. The topological polar surface area (TPSA) is 38.0 Å². The van der Waals surface area contributed by atoms with Crippen LogP contribution in [0.2, 0.25) is 0 Å². The molecule has 0 aliphatic rings. The van der Waals surface area contributed by atoms with Crippen molar-refractivity contribution in [2.45, 2.75) is 6.92 Å². The second-order valence-electron chi connectivity index (χ2n) is 6.64. The standard InChI is InChI=1S/C25H22N2/c1-18-24(27-22-10-6-3-7-11-22)17-16-23(19-12-14-21(26)15-13-19)25(18)20-8-4-2-5-9-20/h2-17,27H,26H2,1H3. The van der Waals surface area contributed by atoms with Crippen LogP contribution in [0.3, 0.4) is 0 Å². The molecule has 0 unspecified atom stereocenters. The van der Waals surface area contributed by atoms with Crippen molar-refractivity contribution in [2.24, 2.45) is 0 Å². The fraction of sp³-hybridized carbons (Fsp3) is 0.0400. The number of anilines is 3. The van der Waals surface area contributed by atoms with E-state index in [0.717, 1.165) is 22.6 Å². The van der Waals surface area contributed by atoms with Crippen LogP contribution in [-0.2, 0) is 0 Å². The molecule has 2 nitrogen and oxygen atoms in total. The molecule has 4 rings (SSSR count). The Bertz CT molecular complexity index is 1040. The van der Waals surface area contributed by atoms with Gasteiger partial charge < -0.3 is 11.1 Å². The highest BCUT2D eigenvalue weighted by Crippen LogP contribution is 2.39. The van der Waals surface area contributed by atoms with Crippen molar-refractivity contribution < 1.29 is 0 Å². The zero-order valence-electron chi connectivity index (χ0n) is 15.3. The van der Waals surface area contributed by atoms with Crippen molar-refractivity contribution in [3.8, 4) is 22.3 Å². The largest absolute Gasteiger partial charge is 0.399 e. The van der Waals surface area contributed by atoms with E-state index in [9.17, 15) is 0 Å². The van der Waals surface area contributed by atoms with Crippen LogP contribution in [0.25, 0.3) is 22.3 Å². The van der Waals surface area contributed by atoms with Gasteiger partial charge in [-0.25, -0.2) is 0 Å². The van der Waals surface area contributed by atoms with Gasteiger partial charge in [-0.2, -0.15) is 0 Å². The molecule has 0 heterocycles. The molecule has 0 saturated carbocycles. The van der Waals surface area contributed by atoms with Gasteiger partial charge in [0.15, 0.2) is 0 Å². The van der Waals surface area contributed by atoms with Crippen molar-refractivity contribution >= 4 is 17.1 Å². The predicted molar refractivity (Wildman–Crippen MR) is 116 cm³/mol. The Balaban J connectivity index is 1.87. The molecular formula is C25H22N2. The summed E-state index contributed by atoms with van der Waals surface area (Å²) in [6.07, 6.45) is 0. The molecule has 0 atom stereocenters. The number of nitrogens with one attached hydrogen (secondary N) is 1. The summed E-state index contributed by atoms with van der Waals surface area (Å²) in [5.41, 5.74) is 14.9. The van der Waals surface area contributed by atoms with E-state index in [-0.39, 0.29) is 0 Å². The summed E-state index contributed by atoms with van der Waals surface area (Å²) in [5.74, 6) is 0. The fourth-order valence-corrected chi connectivity index (χ4v) is 3.40. The van der Waals surface area contributed by atoms with Crippen LogP contribution in [-0.4, -0.2) is 0 Å². The second kappa shape index (κ2) is 7.38. The molecule has 27 heavy (non-hydrogen) atoms. The Labute approximate surface area is 160 Å². The number of nitrogen functional groups attached to an aromatic ring is 1. The lowest BCUT2D eigenvalue weighted by Crippen LogP contribution is -1.97. The molecule has 0 aliphatic carbocycles. The zero-order valence-corrected chi connectivity index (χ0v) is 15.3. The maximum atomic E-state index is 5.88. The lowest BCUT2D eigenvalue weighted by Gasteiger charge is -2.18. The van der Waals surface area contributed by atoms with Gasteiger partial charge in [-0.15, -0.1) is 0 Å². The van der Waals surface area contributed by atoms with E-state index in [2.05, 4.69) is 72.9 Å². The third-order valence-electron chi connectivity index (χ3n) is 4.80. The number of benzene rings is 4. The molecule has 3 N–H and O–H groups in total. The van der Waals surface area contributed by atoms with Crippen LogP contribution in [0, 0.1) is 6.92 Å². The quantitative estimate of drug-likeness (QED) is 0.404. The predicted octanol–water partition coefficient (Wildman–Crippen LogP) is 6.65. The van der Waals surface area contributed by atoms with Crippen molar-refractivity contribution in [3.05, 3.63) is 103 Å². The first-order valence-corrected chi connectivity index (χ1v) is 9.09. The second-order valence-corrected chi connectivity index (χ2v) is 6.64. The molecule has 132 valence electrons. The highest BCUT2D eigenvalue weighted by atomic mass is 14.9. The maximum Gasteiger partial charge on any atom is 0.0420 e. The average molecular weight is 350 g/mol. The third-order valence-corrected chi connectivity index (χ3v) is 4.80. The van der Waals surface area contributed by atoms with Gasteiger partial charge in [0.1, 0.15) is 0 Å². The lowest BCUT2D eigenvalue weighted by atomic mass is 9.90. The van der Waals surface area contributed by atoms with Gasteiger partial charge in [-0.1, -0.05) is 66.7 Å². The van der Waals surface area contributed by atoms with Gasteiger partial charge in [-0.05, 0) is 65.1 Å². The zero-order chi connectivity index (χ0) is 18.6. The lowest BCUT2D eigenvalue weighted by molar-refractivity contribution is 1.42. The summed E-state index contributed by atoms with van der Waals surface area (Å²) < 4.78 is 0. The molecule has 0 saturated heterocycles. The highest BCUT2D eigenvalue weighted by Gasteiger charge is 2.13. The molecule has 0 fully saturated rings. The van der Waals surface area contributed by atoms with E-state index in [1.807, 2.05) is 36.4 Å². The van der Waals surface area contributed by atoms with E-state index in [4.69, 9.17) is 5.73 Å². The Kier molecular flexibility index (Phi) is 4.63. The Morgan fingerprint density at radius 3 is 1.93 bits per heavy atom. The molecule has 0 amide bonds. The minimum atomic E-state index is 0.777. The minimum Gasteiger partial charge on any atom is -0.399 e. The minimum absolute atomic E-state index is 0.777. The van der Waals surface area contributed by atoms with Crippen LogP contribution in [0.1, 0.15) is 5.56 Å². The normalized spacial score (nSPS) is 10.6. The van der Waals surface area contributed by atoms with E-state index >= 15 is 0 Å². The van der Waals surface area contributed by atoms with Crippen molar-refractivity contribution in [1.29, 1.82) is 0 Å². The number of hydrogen-bond donors (Lipinski definition) is 2. The SMILES string of the molecule is Cc1c(Nc2ccccc2)ccc(-c2ccc(N)cc2)c1-c1ccccc1. The van der Waals surface area contributed by atoms with E-state index in [0.29, 0.717) is 0 Å². The monoisotopic (exact) mass is 350 g/mol. The van der Waals surface area contributed by atoms with Crippen LogP contribution in [0.5, 0.6) is 0 Å². The van der Waals surface area contributed by atoms with Crippen molar-refractivity contribution in [3.63, 3.8) is 0 Å².